The first-order valence-corrected chi connectivity index (χ1v) is 14.5. The fraction of sp³-hybridized carbons (Fsp3) is 0.429. The van der Waals surface area contributed by atoms with E-state index in [1.807, 2.05) is 16.7 Å². The fourth-order valence-corrected chi connectivity index (χ4v) is 7.34. The third kappa shape index (κ3) is 2.14. The molecule has 0 amide bonds. The Morgan fingerprint density at radius 1 is 1.40 bits per heavy atom. The van der Waals surface area contributed by atoms with E-state index in [1.165, 1.54) is 0 Å². The van der Waals surface area contributed by atoms with Crippen LogP contribution in [0.25, 0.3) is 0 Å². The number of thiophene rings is 1. The molecule has 3 heteroatoms. The van der Waals surface area contributed by atoms with Gasteiger partial charge in [-0.25, -0.2) is 0 Å². The van der Waals surface area contributed by atoms with Crippen LogP contribution in [0.1, 0.15) is 0 Å². The Bertz CT molecular complexity index is 224. The third-order valence-electron chi connectivity index (χ3n) is 1.31. The van der Waals surface area contributed by atoms with Gasteiger partial charge < -0.3 is 0 Å². The number of rotatable bonds is 1. The van der Waals surface area contributed by atoms with E-state index in [-0.39, 0.29) is 0 Å². The van der Waals surface area contributed by atoms with Crippen molar-refractivity contribution in [2.75, 3.05) is 0 Å². The number of halogens is 1. The van der Waals surface area contributed by atoms with Crippen molar-refractivity contribution in [1.82, 2.24) is 0 Å². The van der Waals surface area contributed by atoms with Crippen LogP contribution < -0.4 is 2.89 Å². The van der Waals surface area contributed by atoms with Crippen LogP contribution in [0.3, 0.4) is 0 Å². The van der Waals surface area contributed by atoms with E-state index in [4.69, 9.17) is 11.6 Å². The standard InChI is InChI=1S/C4H2ClS.3CH3.Sn/c5-4-1-2-6-3-4;;;;/h1,3H;3*1H3;. The summed E-state index contributed by atoms with van der Waals surface area (Å²) in [4.78, 5) is 7.20. The van der Waals surface area contributed by atoms with Gasteiger partial charge in [0.1, 0.15) is 0 Å². The molecule has 0 aliphatic rings. The average molecular weight is 281 g/mol. The van der Waals surface area contributed by atoms with Gasteiger partial charge in [-0.3, -0.25) is 0 Å². The molecule has 1 aromatic rings. The molecule has 0 aliphatic carbocycles. The van der Waals surface area contributed by atoms with Crippen LogP contribution in [0.4, 0.5) is 0 Å². The van der Waals surface area contributed by atoms with Gasteiger partial charge in [-0.05, 0) is 0 Å². The van der Waals surface area contributed by atoms with E-state index in [0.717, 1.165) is 5.02 Å². The van der Waals surface area contributed by atoms with Crippen molar-refractivity contribution in [3.8, 4) is 0 Å². The van der Waals surface area contributed by atoms with Crippen molar-refractivity contribution in [3.63, 3.8) is 0 Å². The van der Waals surface area contributed by atoms with E-state index in [9.17, 15) is 0 Å². The van der Waals surface area contributed by atoms with Gasteiger partial charge in [0.05, 0.1) is 0 Å². The topological polar surface area (TPSA) is 0 Å². The van der Waals surface area contributed by atoms with E-state index in [0.29, 0.717) is 0 Å². The van der Waals surface area contributed by atoms with Gasteiger partial charge >= 0.3 is 75.5 Å². The molecule has 0 nitrogen and oxygen atoms in total. The van der Waals surface area contributed by atoms with Crippen LogP contribution in [0, 0.1) is 0 Å². The molecule has 0 N–H and O–H groups in total. The molecule has 1 heterocycles. The first-order chi connectivity index (χ1) is 4.50. The van der Waals surface area contributed by atoms with Gasteiger partial charge in [0.25, 0.3) is 0 Å². The van der Waals surface area contributed by atoms with Gasteiger partial charge in [-0.15, -0.1) is 0 Å². The molecular weight excluding hydrogens is 270 g/mol. The summed E-state index contributed by atoms with van der Waals surface area (Å²) >= 11 is 5.87. The third-order valence-corrected chi connectivity index (χ3v) is 12.1. The van der Waals surface area contributed by atoms with E-state index >= 15 is 0 Å². The molecule has 1 rings (SSSR count). The Morgan fingerprint density at radius 3 is 2.20 bits per heavy atom. The SMILES string of the molecule is [CH3][Sn]([CH3])([CH3])[c]1cc(Cl)cs1. The zero-order valence-corrected chi connectivity index (χ0v) is 10.9. The Balaban J connectivity index is 2.96. The zero-order chi connectivity index (χ0) is 7.78. The van der Waals surface area contributed by atoms with Crippen molar-refractivity contribution >= 4 is 44.2 Å². The molecule has 0 radical (unpaired) electrons. The summed E-state index contributed by atoms with van der Waals surface area (Å²) in [6.45, 7) is 0. The quantitative estimate of drug-likeness (QED) is 0.694. The molecule has 0 fully saturated rings. The Morgan fingerprint density at radius 2 is 2.00 bits per heavy atom. The molecule has 0 saturated carbocycles. The van der Waals surface area contributed by atoms with E-state index < -0.39 is 18.4 Å². The maximum atomic E-state index is 5.81. The van der Waals surface area contributed by atoms with E-state index in [2.05, 4.69) is 20.9 Å². The summed E-state index contributed by atoms with van der Waals surface area (Å²) in [5.74, 6) is 0. The molecule has 0 saturated heterocycles. The van der Waals surface area contributed by atoms with Gasteiger partial charge in [-0.2, -0.15) is 0 Å². The Kier molecular flexibility index (Phi) is 2.69. The molecule has 10 heavy (non-hydrogen) atoms. The maximum absolute atomic E-state index is 5.81. The molecule has 0 spiro atoms. The molecule has 56 valence electrons. The zero-order valence-electron chi connectivity index (χ0n) is 6.44. The molecule has 0 aliphatic heterocycles. The number of hydrogen-bond donors (Lipinski definition) is 0. The van der Waals surface area contributed by atoms with Crippen molar-refractivity contribution in [1.29, 1.82) is 0 Å². The predicted octanol–water partition coefficient (Wildman–Crippen LogP) is 2.95. The summed E-state index contributed by atoms with van der Waals surface area (Å²) in [6, 6.07) is 2.13. The molecule has 0 atom stereocenters. The van der Waals surface area contributed by atoms with Gasteiger partial charge in [-0.1, -0.05) is 0 Å². The van der Waals surface area contributed by atoms with Crippen LogP contribution in [0.2, 0.25) is 19.8 Å². The minimum absolute atomic E-state index is 0.909. The molecule has 0 unspecified atom stereocenters. The molecule has 0 aromatic carbocycles. The van der Waals surface area contributed by atoms with Crippen LogP contribution in [-0.2, 0) is 0 Å². The fourth-order valence-electron chi connectivity index (χ4n) is 0.706. The minimum atomic E-state index is -1.76. The monoisotopic (exact) mass is 282 g/mol. The molecular formula is C7H11ClSSn. The van der Waals surface area contributed by atoms with Gasteiger partial charge in [0, 0.05) is 0 Å². The van der Waals surface area contributed by atoms with Crippen LogP contribution >= 0.6 is 22.9 Å². The van der Waals surface area contributed by atoms with Crippen molar-refractivity contribution in [2.45, 2.75) is 14.8 Å². The summed E-state index contributed by atoms with van der Waals surface area (Å²) < 4.78 is 1.55. The molecule has 1 aromatic heterocycles. The second-order valence-corrected chi connectivity index (χ2v) is 20.1. The van der Waals surface area contributed by atoms with Gasteiger partial charge in [0.2, 0.25) is 0 Å². The van der Waals surface area contributed by atoms with Gasteiger partial charge in [0.15, 0.2) is 0 Å². The molecule has 0 bridgehead atoms. The second-order valence-electron chi connectivity index (χ2n) is 3.38. The normalized spacial score (nSPS) is 12.0. The predicted molar refractivity (Wildman–Crippen MR) is 52.3 cm³/mol. The van der Waals surface area contributed by atoms with Crippen molar-refractivity contribution in [3.05, 3.63) is 16.5 Å². The van der Waals surface area contributed by atoms with Crippen molar-refractivity contribution in [2.24, 2.45) is 0 Å². The Hall–Kier alpha value is 0.789. The van der Waals surface area contributed by atoms with Crippen LogP contribution in [-0.4, -0.2) is 18.4 Å². The summed E-state index contributed by atoms with van der Waals surface area (Å²) in [7, 11) is 0. The van der Waals surface area contributed by atoms with Crippen molar-refractivity contribution < 1.29 is 0 Å². The Labute approximate surface area is 75.1 Å². The second kappa shape index (κ2) is 3.03. The van der Waals surface area contributed by atoms with Crippen LogP contribution in [0.5, 0.6) is 0 Å². The summed E-state index contributed by atoms with van der Waals surface area (Å²) in [5.41, 5.74) is 0. The van der Waals surface area contributed by atoms with Crippen LogP contribution in [0.15, 0.2) is 11.4 Å². The number of hydrogen-bond acceptors (Lipinski definition) is 1. The summed E-state index contributed by atoms with van der Waals surface area (Å²) in [5, 5.41) is 2.94. The summed E-state index contributed by atoms with van der Waals surface area (Å²) in [6.07, 6.45) is 0. The first-order valence-electron chi connectivity index (χ1n) is 3.24. The van der Waals surface area contributed by atoms with E-state index in [1.54, 1.807) is 2.89 Å². The first kappa shape index (κ1) is 8.88. The average Bonchev–Trinajstić information content (AvgIpc) is 2.11.